The molecule has 1 aliphatic heterocycles. The molecule has 2 aromatic rings. The summed E-state index contributed by atoms with van der Waals surface area (Å²) in [4.78, 5) is 0. The Kier molecular flexibility index (Phi) is 2.54. The number of nitrogens with one attached hydrogen (secondary N) is 1. The molecule has 0 amide bonds. The first-order chi connectivity index (χ1) is 8.66. The van der Waals surface area contributed by atoms with Gasteiger partial charge in [-0.1, -0.05) is 12.1 Å². The van der Waals surface area contributed by atoms with E-state index in [1.54, 1.807) is 13.0 Å². The van der Waals surface area contributed by atoms with E-state index in [-0.39, 0.29) is 0 Å². The highest BCUT2D eigenvalue weighted by atomic mass is 19.1. The van der Waals surface area contributed by atoms with Crippen molar-refractivity contribution in [2.45, 2.75) is 13.3 Å². The second-order valence-electron chi connectivity index (χ2n) is 4.59. The predicted molar refractivity (Wildman–Crippen MR) is 68.7 cm³/mol. The van der Waals surface area contributed by atoms with Crippen molar-refractivity contribution in [2.24, 2.45) is 0 Å². The minimum Gasteiger partial charge on any atom is -0.384 e. The summed E-state index contributed by atoms with van der Waals surface area (Å²) in [7, 11) is 0. The second kappa shape index (κ2) is 4.09. The molecule has 0 saturated carbocycles. The Bertz CT molecular complexity index is 620. The van der Waals surface area contributed by atoms with Crippen LogP contribution in [0.3, 0.4) is 0 Å². The van der Waals surface area contributed by atoms with Crippen LogP contribution in [-0.2, 0) is 6.42 Å². The molecule has 0 atom stereocenters. The van der Waals surface area contributed by atoms with Crippen LogP contribution < -0.4 is 5.32 Å². The fraction of sp³-hybridized carbons (Fsp3) is 0.200. The summed E-state index contributed by atoms with van der Waals surface area (Å²) in [6, 6.07) is 8.32. The van der Waals surface area contributed by atoms with Gasteiger partial charge in [0.05, 0.1) is 0 Å². The third-order valence-corrected chi connectivity index (χ3v) is 3.40. The number of hydrogen-bond donors (Lipinski definition) is 1. The first kappa shape index (κ1) is 11.2. The second-order valence-corrected chi connectivity index (χ2v) is 4.59. The summed E-state index contributed by atoms with van der Waals surface area (Å²) in [6.07, 6.45) is 0.876. The zero-order valence-electron chi connectivity index (χ0n) is 10.1. The smallest absolute Gasteiger partial charge is 0.133 e. The van der Waals surface area contributed by atoms with Gasteiger partial charge in [0.1, 0.15) is 11.6 Å². The SMILES string of the molecule is Cc1cc(-c2cccc3c2CCN3)c(F)cc1F. The zero-order chi connectivity index (χ0) is 12.7. The van der Waals surface area contributed by atoms with Crippen molar-refractivity contribution >= 4 is 5.69 Å². The maximum absolute atomic E-state index is 13.9. The third-order valence-electron chi connectivity index (χ3n) is 3.40. The number of rotatable bonds is 1. The van der Waals surface area contributed by atoms with E-state index >= 15 is 0 Å². The standard InChI is InChI=1S/C15H13F2N/c1-9-7-12(14(17)8-13(9)16)10-3-2-4-15-11(10)5-6-18-15/h2-4,7-8,18H,5-6H2,1H3. The molecular formula is C15H13F2N. The number of fused-ring (bicyclic) bond motifs is 1. The first-order valence-corrected chi connectivity index (χ1v) is 5.98. The summed E-state index contributed by atoms with van der Waals surface area (Å²) in [5, 5.41) is 3.26. The fourth-order valence-electron chi connectivity index (χ4n) is 2.46. The van der Waals surface area contributed by atoms with Crippen molar-refractivity contribution in [1.29, 1.82) is 0 Å². The molecule has 3 heteroatoms. The van der Waals surface area contributed by atoms with Crippen LogP contribution in [0.2, 0.25) is 0 Å². The fourth-order valence-corrected chi connectivity index (χ4v) is 2.46. The quantitative estimate of drug-likeness (QED) is 0.803. The Morgan fingerprint density at radius 2 is 1.89 bits per heavy atom. The molecule has 0 fully saturated rings. The van der Waals surface area contributed by atoms with Crippen LogP contribution in [0, 0.1) is 18.6 Å². The van der Waals surface area contributed by atoms with E-state index in [2.05, 4.69) is 5.32 Å². The molecule has 0 aromatic heterocycles. The van der Waals surface area contributed by atoms with E-state index in [0.717, 1.165) is 35.8 Å². The molecule has 0 spiro atoms. The Morgan fingerprint density at radius 1 is 1.06 bits per heavy atom. The predicted octanol–water partition coefficient (Wildman–Crippen LogP) is 3.91. The number of anilines is 1. The summed E-state index contributed by atoms with van der Waals surface area (Å²) in [6.45, 7) is 2.52. The van der Waals surface area contributed by atoms with E-state index in [4.69, 9.17) is 0 Å². The molecule has 1 nitrogen and oxygen atoms in total. The molecule has 0 saturated heterocycles. The molecule has 2 aromatic carbocycles. The van der Waals surface area contributed by atoms with Gasteiger partial charge in [0.2, 0.25) is 0 Å². The number of halogens is 2. The molecule has 1 N–H and O–H groups in total. The molecule has 3 rings (SSSR count). The number of benzene rings is 2. The van der Waals surface area contributed by atoms with Gasteiger partial charge in [-0.05, 0) is 42.2 Å². The normalized spacial score (nSPS) is 13.3. The van der Waals surface area contributed by atoms with Gasteiger partial charge in [-0.15, -0.1) is 0 Å². The van der Waals surface area contributed by atoms with Crippen LogP contribution in [0.15, 0.2) is 30.3 Å². The number of aryl methyl sites for hydroxylation is 1. The van der Waals surface area contributed by atoms with Gasteiger partial charge in [-0.3, -0.25) is 0 Å². The summed E-state index contributed by atoms with van der Waals surface area (Å²) in [5.41, 5.74) is 3.97. The lowest BCUT2D eigenvalue weighted by Crippen LogP contribution is -1.93. The van der Waals surface area contributed by atoms with E-state index in [9.17, 15) is 8.78 Å². The average molecular weight is 245 g/mol. The monoisotopic (exact) mass is 245 g/mol. The molecule has 0 aliphatic carbocycles. The van der Waals surface area contributed by atoms with E-state index in [1.165, 1.54) is 0 Å². The molecule has 0 bridgehead atoms. The van der Waals surface area contributed by atoms with Crippen LogP contribution in [0.25, 0.3) is 11.1 Å². The molecule has 92 valence electrons. The van der Waals surface area contributed by atoms with Gasteiger partial charge in [-0.2, -0.15) is 0 Å². The summed E-state index contributed by atoms with van der Waals surface area (Å²) in [5.74, 6) is -1.000. The van der Waals surface area contributed by atoms with Crippen LogP contribution in [0.5, 0.6) is 0 Å². The highest BCUT2D eigenvalue weighted by Crippen LogP contribution is 2.34. The van der Waals surface area contributed by atoms with Gasteiger partial charge in [0.15, 0.2) is 0 Å². The highest BCUT2D eigenvalue weighted by molar-refractivity contribution is 5.76. The Morgan fingerprint density at radius 3 is 2.72 bits per heavy atom. The van der Waals surface area contributed by atoms with Crippen molar-refractivity contribution in [1.82, 2.24) is 0 Å². The Balaban J connectivity index is 2.22. The topological polar surface area (TPSA) is 12.0 Å². The Hall–Kier alpha value is -1.90. The van der Waals surface area contributed by atoms with Gasteiger partial charge in [0, 0.05) is 23.9 Å². The summed E-state index contributed by atoms with van der Waals surface area (Å²) < 4.78 is 27.2. The van der Waals surface area contributed by atoms with Crippen molar-refractivity contribution in [3.8, 4) is 11.1 Å². The zero-order valence-corrected chi connectivity index (χ0v) is 10.1. The summed E-state index contributed by atoms with van der Waals surface area (Å²) >= 11 is 0. The maximum atomic E-state index is 13.9. The lowest BCUT2D eigenvalue weighted by molar-refractivity contribution is 0.579. The molecule has 1 heterocycles. The van der Waals surface area contributed by atoms with E-state index < -0.39 is 11.6 Å². The van der Waals surface area contributed by atoms with Crippen LogP contribution in [-0.4, -0.2) is 6.54 Å². The minimum atomic E-state index is -0.501. The minimum absolute atomic E-state index is 0.468. The average Bonchev–Trinajstić information content (AvgIpc) is 2.82. The van der Waals surface area contributed by atoms with Crippen LogP contribution >= 0.6 is 0 Å². The maximum Gasteiger partial charge on any atom is 0.133 e. The van der Waals surface area contributed by atoms with Crippen molar-refractivity contribution in [3.05, 3.63) is 53.1 Å². The molecule has 18 heavy (non-hydrogen) atoms. The van der Waals surface area contributed by atoms with E-state index in [0.29, 0.717) is 11.1 Å². The van der Waals surface area contributed by atoms with Gasteiger partial charge >= 0.3 is 0 Å². The van der Waals surface area contributed by atoms with Crippen molar-refractivity contribution in [2.75, 3.05) is 11.9 Å². The first-order valence-electron chi connectivity index (χ1n) is 5.98. The van der Waals surface area contributed by atoms with Gasteiger partial charge in [0.25, 0.3) is 0 Å². The van der Waals surface area contributed by atoms with Crippen molar-refractivity contribution in [3.63, 3.8) is 0 Å². The lowest BCUT2D eigenvalue weighted by atomic mass is 9.96. The van der Waals surface area contributed by atoms with Crippen LogP contribution in [0.1, 0.15) is 11.1 Å². The Labute approximate surface area is 104 Å². The van der Waals surface area contributed by atoms with Crippen molar-refractivity contribution < 1.29 is 8.78 Å². The van der Waals surface area contributed by atoms with Crippen LogP contribution in [0.4, 0.5) is 14.5 Å². The molecular weight excluding hydrogens is 232 g/mol. The molecule has 0 radical (unpaired) electrons. The third kappa shape index (κ3) is 1.67. The largest absolute Gasteiger partial charge is 0.384 e. The lowest BCUT2D eigenvalue weighted by Gasteiger charge is -2.10. The van der Waals surface area contributed by atoms with Gasteiger partial charge in [-0.25, -0.2) is 8.78 Å². The highest BCUT2D eigenvalue weighted by Gasteiger charge is 2.18. The molecule has 1 aliphatic rings. The molecule has 0 unspecified atom stereocenters. The van der Waals surface area contributed by atoms with Gasteiger partial charge < -0.3 is 5.32 Å². The number of hydrogen-bond acceptors (Lipinski definition) is 1. The van der Waals surface area contributed by atoms with E-state index in [1.807, 2.05) is 18.2 Å².